The molecule has 0 aliphatic heterocycles. The molecule has 1 unspecified atom stereocenters. The molecule has 0 bridgehead atoms. The van der Waals surface area contributed by atoms with E-state index in [1.807, 2.05) is 31.2 Å². The Morgan fingerprint density at radius 3 is 2.50 bits per heavy atom. The van der Waals surface area contributed by atoms with Crippen LogP contribution in [0.25, 0.3) is 0 Å². The number of hydrogen-bond acceptors (Lipinski definition) is 4. The quantitative estimate of drug-likeness (QED) is 0.619. The van der Waals surface area contributed by atoms with Gasteiger partial charge < -0.3 is 10.4 Å². The van der Waals surface area contributed by atoms with Crippen molar-refractivity contribution in [3.8, 4) is 0 Å². The maximum absolute atomic E-state index is 12.4. The Hall–Kier alpha value is -2.44. The van der Waals surface area contributed by atoms with Crippen molar-refractivity contribution >= 4 is 23.2 Å². The second-order valence-corrected chi connectivity index (χ2v) is 5.66. The lowest BCUT2D eigenvalue weighted by Crippen LogP contribution is -2.31. The highest BCUT2D eigenvalue weighted by Crippen LogP contribution is 2.24. The zero-order valence-electron chi connectivity index (χ0n) is 13.0. The van der Waals surface area contributed by atoms with Crippen molar-refractivity contribution in [1.82, 2.24) is 5.32 Å². The largest absolute Gasteiger partial charge is 0.394 e. The van der Waals surface area contributed by atoms with E-state index in [1.165, 1.54) is 12.1 Å². The normalized spacial score (nSPS) is 11.8. The molecular formula is C17H17ClN2O4. The van der Waals surface area contributed by atoms with E-state index in [9.17, 15) is 20.0 Å². The van der Waals surface area contributed by atoms with Crippen LogP contribution in [0.5, 0.6) is 0 Å². The van der Waals surface area contributed by atoms with Gasteiger partial charge in [-0.05, 0) is 29.7 Å². The van der Waals surface area contributed by atoms with Crippen molar-refractivity contribution < 1.29 is 14.8 Å². The van der Waals surface area contributed by atoms with E-state index in [0.717, 1.165) is 23.6 Å². The van der Waals surface area contributed by atoms with E-state index in [-0.39, 0.29) is 22.9 Å². The molecule has 0 spiro atoms. The van der Waals surface area contributed by atoms with E-state index in [0.29, 0.717) is 0 Å². The first-order chi connectivity index (χ1) is 11.5. The summed E-state index contributed by atoms with van der Waals surface area (Å²) in [5, 5.41) is 23.4. The van der Waals surface area contributed by atoms with E-state index < -0.39 is 16.9 Å². The molecule has 2 rings (SSSR count). The third-order valence-electron chi connectivity index (χ3n) is 3.68. The number of nitrogens with one attached hydrogen (secondary N) is 1. The molecule has 0 heterocycles. The Morgan fingerprint density at radius 2 is 1.96 bits per heavy atom. The molecule has 0 aliphatic carbocycles. The first-order valence-corrected chi connectivity index (χ1v) is 7.78. The topological polar surface area (TPSA) is 92.5 Å². The number of carbonyl (C=O) groups excluding carboxylic acids is 1. The van der Waals surface area contributed by atoms with E-state index in [4.69, 9.17) is 11.6 Å². The minimum Gasteiger partial charge on any atom is -0.394 e. The summed E-state index contributed by atoms with van der Waals surface area (Å²) in [7, 11) is 0. The summed E-state index contributed by atoms with van der Waals surface area (Å²) in [6.07, 6.45) is 0.882. The van der Waals surface area contributed by atoms with Crippen LogP contribution in [0.1, 0.15) is 34.5 Å². The van der Waals surface area contributed by atoms with Crippen molar-refractivity contribution in [2.75, 3.05) is 6.61 Å². The number of nitro groups is 1. The van der Waals surface area contributed by atoms with Crippen LogP contribution >= 0.6 is 11.6 Å². The van der Waals surface area contributed by atoms with Crippen LogP contribution in [-0.2, 0) is 6.42 Å². The second-order valence-electron chi connectivity index (χ2n) is 5.22. The Bertz CT molecular complexity index is 747. The number of benzene rings is 2. The Labute approximate surface area is 144 Å². The Morgan fingerprint density at radius 1 is 1.29 bits per heavy atom. The van der Waals surface area contributed by atoms with Gasteiger partial charge in [0.15, 0.2) is 0 Å². The smallest absolute Gasteiger partial charge is 0.283 e. The molecule has 2 N–H and O–H groups in total. The minimum absolute atomic E-state index is 0.104. The molecule has 1 amide bonds. The first-order valence-electron chi connectivity index (χ1n) is 7.40. The van der Waals surface area contributed by atoms with Gasteiger partial charge in [-0.2, -0.15) is 0 Å². The lowest BCUT2D eigenvalue weighted by molar-refractivity contribution is -0.385. The molecule has 0 aliphatic rings. The summed E-state index contributed by atoms with van der Waals surface area (Å²) in [6, 6.07) is 10.6. The highest BCUT2D eigenvalue weighted by atomic mass is 35.5. The highest BCUT2D eigenvalue weighted by molar-refractivity contribution is 6.31. The number of rotatable bonds is 6. The van der Waals surface area contributed by atoms with Gasteiger partial charge in [0, 0.05) is 11.1 Å². The van der Waals surface area contributed by atoms with Crippen LogP contribution in [0.15, 0.2) is 42.5 Å². The van der Waals surface area contributed by atoms with Gasteiger partial charge >= 0.3 is 0 Å². The number of aliphatic hydroxyl groups is 1. The number of aliphatic hydroxyl groups excluding tert-OH is 1. The number of carbonyl (C=O) groups is 1. The average molecular weight is 349 g/mol. The zero-order valence-corrected chi connectivity index (χ0v) is 13.8. The number of nitrogens with zero attached hydrogens (tertiary/aromatic N) is 1. The lowest BCUT2D eigenvalue weighted by atomic mass is 10.0. The molecule has 2 aromatic carbocycles. The molecule has 0 saturated carbocycles. The van der Waals surface area contributed by atoms with Gasteiger partial charge in [0.25, 0.3) is 11.6 Å². The first kappa shape index (κ1) is 17.9. The van der Waals surface area contributed by atoms with Crippen molar-refractivity contribution in [2.45, 2.75) is 19.4 Å². The number of amides is 1. The van der Waals surface area contributed by atoms with E-state index in [1.54, 1.807) is 0 Å². The van der Waals surface area contributed by atoms with Crippen LogP contribution < -0.4 is 5.32 Å². The molecule has 126 valence electrons. The van der Waals surface area contributed by atoms with E-state index >= 15 is 0 Å². The number of aryl methyl sites for hydroxylation is 1. The van der Waals surface area contributed by atoms with Crippen molar-refractivity contribution in [3.05, 3.63) is 74.3 Å². The summed E-state index contributed by atoms with van der Waals surface area (Å²) in [5.41, 5.74) is 1.38. The van der Waals surface area contributed by atoms with Gasteiger partial charge in [-0.1, -0.05) is 42.8 Å². The fourth-order valence-corrected chi connectivity index (χ4v) is 2.47. The molecule has 6 nitrogen and oxygen atoms in total. The standard InChI is InChI=1S/C17H17ClN2O4/c1-2-11-3-5-12(6-4-11)15(10-21)19-17(22)14-8-7-13(18)9-16(14)20(23)24/h3-9,15,21H,2,10H2,1H3,(H,19,22). The Kier molecular flexibility index (Phi) is 5.89. The van der Waals surface area contributed by atoms with Gasteiger partial charge in [-0.3, -0.25) is 14.9 Å². The van der Waals surface area contributed by atoms with Gasteiger partial charge in [0.2, 0.25) is 0 Å². The number of halogens is 1. The van der Waals surface area contributed by atoms with Crippen molar-refractivity contribution in [1.29, 1.82) is 0 Å². The molecule has 2 aromatic rings. The fourth-order valence-electron chi connectivity index (χ4n) is 2.30. The van der Waals surface area contributed by atoms with Gasteiger partial charge in [0.1, 0.15) is 5.56 Å². The predicted molar refractivity (Wildman–Crippen MR) is 91.2 cm³/mol. The monoisotopic (exact) mass is 348 g/mol. The van der Waals surface area contributed by atoms with Gasteiger partial charge in [-0.15, -0.1) is 0 Å². The van der Waals surface area contributed by atoms with Crippen LogP contribution in [0.2, 0.25) is 5.02 Å². The van der Waals surface area contributed by atoms with Crippen LogP contribution in [0.4, 0.5) is 5.69 Å². The molecule has 7 heteroatoms. The van der Waals surface area contributed by atoms with Crippen molar-refractivity contribution in [2.24, 2.45) is 0 Å². The van der Waals surface area contributed by atoms with Crippen molar-refractivity contribution in [3.63, 3.8) is 0 Å². The predicted octanol–water partition coefficient (Wildman–Crippen LogP) is 3.27. The van der Waals surface area contributed by atoms with Crippen LogP contribution in [0, 0.1) is 10.1 Å². The minimum atomic E-state index is -0.662. The molecule has 0 radical (unpaired) electrons. The summed E-state index contributed by atoms with van der Waals surface area (Å²) < 4.78 is 0. The maximum Gasteiger partial charge on any atom is 0.283 e. The van der Waals surface area contributed by atoms with Crippen LogP contribution in [-0.4, -0.2) is 22.5 Å². The third kappa shape index (κ3) is 4.10. The molecule has 1 atom stereocenters. The maximum atomic E-state index is 12.4. The number of hydrogen-bond donors (Lipinski definition) is 2. The second kappa shape index (κ2) is 7.90. The van der Waals surface area contributed by atoms with Gasteiger partial charge in [0.05, 0.1) is 17.6 Å². The summed E-state index contributed by atoms with van der Waals surface area (Å²) in [5.74, 6) is -0.642. The molecule has 0 fully saturated rings. The average Bonchev–Trinajstić information content (AvgIpc) is 2.59. The SMILES string of the molecule is CCc1ccc(C(CO)NC(=O)c2ccc(Cl)cc2[N+](=O)[O-])cc1. The highest BCUT2D eigenvalue weighted by Gasteiger charge is 2.23. The zero-order chi connectivity index (χ0) is 17.7. The molecule has 0 aromatic heterocycles. The summed E-state index contributed by atoms with van der Waals surface area (Å²) in [6.45, 7) is 1.71. The molecular weight excluding hydrogens is 332 g/mol. The van der Waals surface area contributed by atoms with Crippen LogP contribution in [0.3, 0.4) is 0 Å². The van der Waals surface area contributed by atoms with E-state index in [2.05, 4.69) is 5.32 Å². The summed E-state index contributed by atoms with van der Waals surface area (Å²) in [4.78, 5) is 22.8. The Balaban J connectivity index is 2.24. The molecule has 0 saturated heterocycles. The fraction of sp³-hybridized carbons (Fsp3) is 0.235. The summed E-state index contributed by atoms with van der Waals surface area (Å²) >= 11 is 5.75. The number of nitro benzene ring substituents is 1. The lowest BCUT2D eigenvalue weighted by Gasteiger charge is -2.17. The molecule has 24 heavy (non-hydrogen) atoms. The third-order valence-corrected chi connectivity index (χ3v) is 3.91. The van der Waals surface area contributed by atoms with Gasteiger partial charge in [-0.25, -0.2) is 0 Å².